The molecule has 0 saturated carbocycles. The number of anilines is 1. The molecule has 0 heterocycles. The van der Waals surface area contributed by atoms with E-state index in [1.54, 1.807) is 25.1 Å². The number of ether oxygens (including phenoxy) is 2. The highest BCUT2D eigenvalue weighted by Gasteiger charge is 2.19. The number of rotatable bonds is 5. The Bertz CT molecular complexity index is 517. The van der Waals surface area contributed by atoms with E-state index >= 15 is 0 Å². The van der Waals surface area contributed by atoms with Crippen LogP contribution in [0, 0.1) is 0 Å². The van der Waals surface area contributed by atoms with Crippen molar-refractivity contribution >= 4 is 17.6 Å². The van der Waals surface area contributed by atoms with Crippen LogP contribution >= 0.6 is 0 Å². The summed E-state index contributed by atoms with van der Waals surface area (Å²) >= 11 is 0. The van der Waals surface area contributed by atoms with Gasteiger partial charge in [0.25, 0.3) is 0 Å². The Balaban J connectivity index is 2.82. The molecule has 0 saturated heterocycles. The molecule has 0 radical (unpaired) electrons. The molecule has 21 heavy (non-hydrogen) atoms. The number of nitrogens with two attached hydrogens (primary N) is 1. The van der Waals surface area contributed by atoms with E-state index < -0.39 is 11.6 Å². The molecular formula is C16H23NO4. The molecule has 0 atom stereocenters. The number of hydrogen-bond donors (Lipinski definition) is 1. The lowest BCUT2D eigenvalue weighted by Gasteiger charge is -2.19. The Morgan fingerprint density at radius 2 is 1.90 bits per heavy atom. The molecule has 5 heteroatoms. The van der Waals surface area contributed by atoms with Gasteiger partial charge in [0.15, 0.2) is 0 Å². The van der Waals surface area contributed by atoms with Gasteiger partial charge in [-0.2, -0.15) is 0 Å². The van der Waals surface area contributed by atoms with Crippen molar-refractivity contribution < 1.29 is 19.1 Å². The molecule has 5 nitrogen and oxygen atoms in total. The summed E-state index contributed by atoms with van der Waals surface area (Å²) in [6.45, 7) is 7.45. The molecule has 0 bridgehead atoms. The number of carbonyl (C=O) groups excluding carboxylic acids is 2. The van der Waals surface area contributed by atoms with Crippen molar-refractivity contribution in [3.05, 3.63) is 29.3 Å². The number of nitrogen functional groups attached to an aromatic ring is 1. The molecule has 116 valence electrons. The Morgan fingerprint density at radius 3 is 2.48 bits per heavy atom. The zero-order valence-electron chi connectivity index (χ0n) is 13.1. The minimum atomic E-state index is -0.517. The second-order valence-electron chi connectivity index (χ2n) is 5.69. The van der Waals surface area contributed by atoms with Crippen LogP contribution in [0.5, 0.6) is 0 Å². The SMILES string of the molecule is CCOC(=O)c1c(N)cccc1CCC(=O)OC(C)(C)C. The van der Waals surface area contributed by atoms with Gasteiger partial charge in [-0.3, -0.25) is 4.79 Å². The number of esters is 2. The van der Waals surface area contributed by atoms with Gasteiger partial charge in [-0.25, -0.2) is 4.79 Å². The van der Waals surface area contributed by atoms with E-state index in [1.165, 1.54) is 0 Å². The smallest absolute Gasteiger partial charge is 0.340 e. The summed E-state index contributed by atoms with van der Waals surface area (Å²) in [7, 11) is 0. The first kappa shape index (κ1) is 17.0. The van der Waals surface area contributed by atoms with Gasteiger partial charge in [0, 0.05) is 12.1 Å². The Hall–Kier alpha value is -2.04. The van der Waals surface area contributed by atoms with Crippen LogP contribution in [-0.4, -0.2) is 24.1 Å². The van der Waals surface area contributed by atoms with E-state index in [4.69, 9.17) is 15.2 Å². The maximum absolute atomic E-state index is 11.9. The van der Waals surface area contributed by atoms with E-state index in [-0.39, 0.29) is 19.0 Å². The topological polar surface area (TPSA) is 78.6 Å². The van der Waals surface area contributed by atoms with E-state index in [9.17, 15) is 9.59 Å². The van der Waals surface area contributed by atoms with Crippen molar-refractivity contribution in [2.24, 2.45) is 0 Å². The largest absolute Gasteiger partial charge is 0.462 e. The molecule has 0 unspecified atom stereocenters. The fraction of sp³-hybridized carbons (Fsp3) is 0.500. The Morgan fingerprint density at radius 1 is 1.24 bits per heavy atom. The first-order valence-electron chi connectivity index (χ1n) is 7.01. The molecule has 0 aliphatic rings. The summed E-state index contributed by atoms with van der Waals surface area (Å²) in [4.78, 5) is 23.7. The lowest BCUT2D eigenvalue weighted by molar-refractivity contribution is -0.154. The molecule has 1 aromatic carbocycles. The molecule has 0 aliphatic carbocycles. The van der Waals surface area contributed by atoms with Crippen LogP contribution < -0.4 is 5.73 Å². The molecule has 0 aliphatic heterocycles. The highest BCUT2D eigenvalue weighted by molar-refractivity contribution is 5.96. The highest BCUT2D eigenvalue weighted by atomic mass is 16.6. The van der Waals surface area contributed by atoms with Crippen molar-refractivity contribution in [2.75, 3.05) is 12.3 Å². The normalized spacial score (nSPS) is 11.0. The van der Waals surface area contributed by atoms with Crippen LogP contribution in [0.4, 0.5) is 5.69 Å². The van der Waals surface area contributed by atoms with Gasteiger partial charge in [-0.1, -0.05) is 12.1 Å². The van der Waals surface area contributed by atoms with Gasteiger partial charge in [0.1, 0.15) is 5.60 Å². The molecule has 0 amide bonds. The molecule has 0 aromatic heterocycles. The summed E-state index contributed by atoms with van der Waals surface area (Å²) < 4.78 is 10.3. The summed E-state index contributed by atoms with van der Waals surface area (Å²) in [5.74, 6) is -0.769. The third kappa shape index (κ3) is 5.45. The first-order valence-corrected chi connectivity index (χ1v) is 7.01. The third-order valence-electron chi connectivity index (χ3n) is 2.68. The predicted octanol–water partition coefficient (Wildman–Crippen LogP) is 2.72. The number of hydrogen-bond acceptors (Lipinski definition) is 5. The van der Waals surface area contributed by atoms with E-state index in [0.29, 0.717) is 23.2 Å². The van der Waals surface area contributed by atoms with Crippen molar-refractivity contribution in [1.82, 2.24) is 0 Å². The van der Waals surface area contributed by atoms with Crippen LogP contribution in [0.25, 0.3) is 0 Å². The van der Waals surface area contributed by atoms with Crippen molar-refractivity contribution in [2.45, 2.75) is 46.1 Å². The van der Waals surface area contributed by atoms with Crippen LogP contribution in [0.3, 0.4) is 0 Å². The molecule has 1 aromatic rings. The monoisotopic (exact) mass is 293 g/mol. The minimum Gasteiger partial charge on any atom is -0.462 e. The molecule has 2 N–H and O–H groups in total. The maximum Gasteiger partial charge on any atom is 0.340 e. The van der Waals surface area contributed by atoms with Gasteiger partial charge >= 0.3 is 11.9 Å². The molecule has 1 rings (SSSR count). The lowest BCUT2D eigenvalue weighted by Crippen LogP contribution is -2.24. The second kappa shape index (κ2) is 7.11. The number of carbonyl (C=O) groups is 2. The molecule has 0 spiro atoms. The maximum atomic E-state index is 11.9. The average molecular weight is 293 g/mol. The quantitative estimate of drug-likeness (QED) is 0.667. The third-order valence-corrected chi connectivity index (χ3v) is 2.68. The van der Waals surface area contributed by atoms with Crippen molar-refractivity contribution in [3.8, 4) is 0 Å². The fourth-order valence-corrected chi connectivity index (χ4v) is 1.91. The van der Waals surface area contributed by atoms with Crippen LogP contribution in [0.2, 0.25) is 0 Å². The fourth-order valence-electron chi connectivity index (χ4n) is 1.91. The van der Waals surface area contributed by atoms with Gasteiger partial charge in [0.05, 0.1) is 12.2 Å². The minimum absolute atomic E-state index is 0.188. The van der Waals surface area contributed by atoms with Crippen molar-refractivity contribution in [1.29, 1.82) is 0 Å². The van der Waals surface area contributed by atoms with Crippen molar-refractivity contribution in [3.63, 3.8) is 0 Å². The molecular weight excluding hydrogens is 270 g/mol. The number of aryl methyl sites for hydroxylation is 1. The average Bonchev–Trinajstić information content (AvgIpc) is 2.34. The van der Waals surface area contributed by atoms with Gasteiger partial charge in [-0.05, 0) is 45.7 Å². The standard InChI is InChI=1S/C16H23NO4/c1-5-20-15(19)14-11(7-6-8-12(14)17)9-10-13(18)21-16(2,3)4/h6-8H,5,9-10,17H2,1-4H3. The van der Waals surface area contributed by atoms with E-state index in [1.807, 2.05) is 20.8 Å². The summed E-state index contributed by atoms with van der Waals surface area (Å²) in [5, 5.41) is 0. The zero-order chi connectivity index (χ0) is 16.0. The second-order valence-corrected chi connectivity index (χ2v) is 5.69. The van der Waals surface area contributed by atoms with Gasteiger partial charge in [0.2, 0.25) is 0 Å². The number of benzene rings is 1. The van der Waals surface area contributed by atoms with E-state index in [2.05, 4.69) is 0 Å². The van der Waals surface area contributed by atoms with Crippen LogP contribution in [0.15, 0.2) is 18.2 Å². The van der Waals surface area contributed by atoms with Crippen LogP contribution in [-0.2, 0) is 20.7 Å². The Kier molecular flexibility index (Phi) is 5.76. The Labute approximate surface area is 125 Å². The summed E-state index contributed by atoms with van der Waals surface area (Å²) in [6, 6.07) is 5.17. The zero-order valence-corrected chi connectivity index (χ0v) is 13.1. The molecule has 0 fully saturated rings. The first-order chi connectivity index (χ1) is 9.74. The summed E-state index contributed by atoms with van der Waals surface area (Å²) in [6.07, 6.45) is 0.571. The van der Waals surface area contributed by atoms with Gasteiger partial charge < -0.3 is 15.2 Å². The lowest BCUT2D eigenvalue weighted by atomic mass is 10.0. The van der Waals surface area contributed by atoms with Crippen LogP contribution in [0.1, 0.15) is 50.0 Å². The summed E-state index contributed by atoms with van der Waals surface area (Å²) in [5.41, 5.74) is 6.71. The predicted molar refractivity (Wildman–Crippen MR) is 81.0 cm³/mol. The highest BCUT2D eigenvalue weighted by Crippen LogP contribution is 2.20. The van der Waals surface area contributed by atoms with Gasteiger partial charge in [-0.15, -0.1) is 0 Å². The van der Waals surface area contributed by atoms with E-state index in [0.717, 1.165) is 0 Å².